The van der Waals surface area contributed by atoms with Crippen molar-refractivity contribution in [3.8, 4) is 0 Å². The number of rotatable bonds is 3. The molecule has 0 aromatic heterocycles. The van der Waals surface area contributed by atoms with Crippen molar-refractivity contribution in [1.29, 1.82) is 0 Å². The highest BCUT2D eigenvalue weighted by molar-refractivity contribution is 5.24. The van der Waals surface area contributed by atoms with Crippen LogP contribution in [0.15, 0.2) is 0 Å². The van der Waals surface area contributed by atoms with Gasteiger partial charge in [0.15, 0.2) is 0 Å². The number of hydrogen-bond acceptors (Lipinski definition) is 0. The second kappa shape index (κ2) is 5.62. The summed E-state index contributed by atoms with van der Waals surface area (Å²) in [5, 5.41) is 0. The molecule has 0 fully saturated rings. The first kappa shape index (κ1) is 24.7. The summed E-state index contributed by atoms with van der Waals surface area (Å²) in [5.74, 6) is -17.6. The van der Waals surface area contributed by atoms with Crippen LogP contribution in [0.4, 0.5) is 79.0 Å². The molecule has 0 bridgehead atoms. The first-order chi connectivity index (χ1) is 10.8. The summed E-state index contributed by atoms with van der Waals surface area (Å²) >= 11 is 0. The lowest BCUT2D eigenvalue weighted by atomic mass is 9.74. The fraction of sp³-hybridized carbons (Fsp3) is 1.00. The Hall–Kier alpha value is -1.26. The normalized spacial score (nSPS) is 16.8. The van der Waals surface area contributed by atoms with E-state index in [0.29, 0.717) is 0 Å². The first-order valence-corrected chi connectivity index (χ1v) is 5.15. The molecular weight excluding hydrogens is 438 g/mol. The molecule has 158 valence electrons. The molecular formula is C8F18. The second-order valence-electron chi connectivity index (χ2n) is 4.46. The third-order valence-corrected chi connectivity index (χ3v) is 2.83. The van der Waals surface area contributed by atoms with Crippen LogP contribution in [-0.2, 0) is 0 Å². The van der Waals surface area contributed by atoms with Crippen molar-refractivity contribution < 1.29 is 79.0 Å². The first-order valence-electron chi connectivity index (χ1n) is 5.15. The largest absolute Gasteiger partial charge is 0.457 e. The Morgan fingerprint density at radius 2 is 0.423 bits per heavy atom. The third-order valence-electron chi connectivity index (χ3n) is 2.83. The van der Waals surface area contributed by atoms with Gasteiger partial charge >= 0.3 is 47.9 Å². The van der Waals surface area contributed by atoms with E-state index in [1.54, 1.807) is 0 Å². The summed E-state index contributed by atoms with van der Waals surface area (Å²) < 4.78 is 223. The van der Waals surface area contributed by atoms with Crippen LogP contribution in [0, 0.1) is 0 Å². The van der Waals surface area contributed by atoms with Gasteiger partial charge in [0.25, 0.3) is 0 Å². The maximum Gasteiger partial charge on any atom is 0.457 e. The lowest BCUT2D eigenvalue weighted by molar-refractivity contribution is -0.481. The molecule has 0 aliphatic carbocycles. The molecule has 0 aromatic carbocycles. The van der Waals surface area contributed by atoms with Gasteiger partial charge in [-0.3, -0.25) is 0 Å². The summed E-state index contributed by atoms with van der Waals surface area (Å²) in [6.45, 7) is 0. The molecule has 0 rings (SSSR count). The summed E-state index contributed by atoms with van der Waals surface area (Å²) in [6, 6.07) is 0. The number of alkyl halides is 18. The minimum Gasteiger partial charge on any atom is -0.225 e. The predicted octanol–water partition coefficient (Wildman–Crippen LogP) is 5.92. The van der Waals surface area contributed by atoms with Gasteiger partial charge in [-0.15, -0.1) is 0 Å². The topological polar surface area (TPSA) is 0 Å². The van der Waals surface area contributed by atoms with E-state index in [9.17, 15) is 79.0 Å². The van der Waals surface area contributed by atoms with Gasteiger partial charge < -0.3 is 0 Å². The average molecular weight is 438 g/mol. The van der Waals surface area contributed by atoms with Gasteiger partial charge in [-0.05, 0) is 0 Å². The molecule has 0 spiro atoms. The average Bonchev–Trinajstić information content (AvgIpc) is 2.30. The standard InChI is InChI=1S/C8F18/c9-1(3(11,12)7(21,22)23,4(13,14)8(24,25)26)2(10,5(15,16)17)6(18,19)20. The summed E-state index contributed by atoms with van der Waals surface area (Å²) in [5.41, 5.74) is -18.2. The van der Waals surface area contributed by atoms with Crippen LogP contribution in [0.1, 0.15) is 0 Å². The van der Waals surface area contributed by atoms with E-state index in [2.05, 4.69) is 0 Å². The van der Waals surface area contributed by atoms with Crippen LogP contribution >= 0.6 is 0 Å². The van der Waals surface area contributed by atoms with Crippen molar-refractivity contribution in [2.75, 3.05) is 0 Å². The van der Waals surface area contributed by atoms with E-state index in [4.69, 9.17) is 0 Å². The summed E-state index contributed by atoms with van der Waals surface area (Å²) in [7, 11) is 0. The molecule has 0 amide bonds. The highest BCUT2D eigenvalue weighted by Gasteiger charge is 3.01. The van der Waals surface area contributed by atoms with Gasteiger partial charge in [0.05, 0.1) is 0 Å². The molecule has 0 radical (unpaired) electrons. The zero-order valence-electron chi connectivity index (χ0n) is 10.8. The fourth-order valence-corrected chi connectivity index (χ4v) is 1.57. The van der Waals surface area contributed by atoms with Crippen LogP contribution in [0.5, 0.6) is 0 Å². The van der Waals surface area contributed by atoms with Crippen molar-refractivity contribution >= 4 is 0 Å². The minimum absolute atomic E-state index is 8.23. The van der Waals surface area contributed by atoms with Gasteiger partial charge in [-0.1, -0.05) is 0 Å². The number of hydrogen-bond donors (Lipinski definition) is 0. The van der Waals surface area contributed by atoms with Crippen LogP contribution in [0.3, 0.4) is 0 Å². The SMILES string of the molecule is FC(F)(F)C(F)(F)C(F)(C(F)(F)C(F)(F)F)C(F)(C(F)(F)F)C(F)(F)F. The Labute approximate surface area is 128 Å². The molecule has 0 aromatic rings. The van der Waals surface area contributed by atoms with Gasteiger partial charge in [0, 0.05) is 0 Å². The van der Waals surface area contributed by atoms with Gasteiger partial charge in [0.1, 0.15) is 0 Å². The van der Waals surface area contributed by atoms with Crippen molar-refractivity contribution in [3.05, 3.63) is 0 Å². The summed E-state index contributed by atoms with van der Waals surface area (Å²) in [6.07, 6.45) is -33.4. The lowest BCUT2D eigenvalue weighted by Crippen LogP contribution is -2.82. The Balaban J connectivity index is 7.57. The zero-order valence-corrected chi connectivity index (χ0v) is 10.8. The fourth-order valence-electron chi connectivity index (χ4n) is 1.57. The number of halogens is 18. The van der Waals surface area contributed by atoms with E-state index in [1.807, 2.05) is 0 Å². The molecule has 0 nitrogen and oxygen atoms in total. The molecule has 0 atom stereocenters. The maximum atomic E-state index is 13.6. The molecule has 0 unspecified atom stereocenters. The summed E-state index contributed by atoms with van der Waals surface area (Å²) in [4.78, 5) is 0. The molecule has 0 aliphatic rings. The Kier molecular flexibility index (Phi) is 5.35. The van der Waals surface area contributed by atoms with E-state index in [1.165, 1.54) is 0 Å². The van der Waals surface area contributed by atoms with Crippen molar-refractivity contribution in [2.45, 2.75) is 47.9 Å². The van der Waals surface area contributed by atoms with Crippen LogP contribution in [0.2, 0.25) is 0 Å². The highest BCUT2D eigenvalue weighted by atomic mass is 19.4. The van der Waals surface area contributed by atoms with E-state index >= 15 is 0 Å². The third kappa shape index (κ3) is 2.82. The quantitative estimate of drug-likeness (QED) is 0.480. The van der Waals surface area contributed by atoms with E-state index in [0.717, 1.165) is 0 Å². The van der Waals surface area contributed by atoms with Crippen molar-refractivity contribution in [3.63, 3.8) is 0 Å². The molecule has 26 heavy (non-hydrogen) atoms. The van der Waals surface area contributed by atoms with Crippen molar-refractivity contribution in [1.82, 2.24) is 0 Å². The van der Waals surface area contributed by atoms with Crippen LogP contribution in [0.25, 0.3) is 0 Å². The molecule has 0 heterocycles. The second-order valence-corrected chi connectivity index (χ2v) is 4.46. The maximum absolute atomic E-state index is 13.6. The minimum atomic E-state index is -9.25. The smallest absolute Gasteiger partial charge is 0.225 e. The highest BCUT2D eigenvalue weighted by Crippen LogP contribution is 2.68. The predicted molar refractivity (Wildman–Crippen MR) is 41.8 cm³/mol. The molecule has 0 aliphatic heterocycles. The molecule has 0 saturated heterocycles. The van der Waals surface area contributed by atoms with Gasteiger partial charge in [-0.2, -0.15) is 70.2 Å². The molecule has 18 heteroatoms. The van der Waals surface area contributed by atoms with Crippen molar-refractivity contribution in [2.24, 2.45) is 0 Å². The Morgan fingerprint density at radius 1 is 0.231 bits per heavy atom. The lowest BCUT2D eigenvalue weighted by Gasteiger charge is -2.47. The van der Waals surface area contributed by atoms with E-state index in [-0.39, 0.29) is 0 Å². The van der Waals surface area contributed by atoms with Crippen LogP contribution < -0.4 is 0 Å². The zero-order chi connectivity index (χ0) is 22.0. The monoisotopic (exact) mass is 438 g/mol. The molecule has 0 N–H and O–H groups in total. The van der Waals surface area contributed by atoms with Gasteiger partial charge in [-0.25, -0.2) is 8.78 Å². The van der Waals surface area contributed by atoms with E-state index < -0.39 is 47.9 Å². The Bertz CT molecular complexity index is 469. The Morgan fingerprint density at radius 3 is 0.538 bits per heavy atom. The van der Waals surface area contributed by atoms with Gasteiger partial charge in [0.2, 0.25) is 0 Å². The molecule has 0 saturated carbocycles. The van der Waals surface area contributed by atoms with Crippen LogP contribution in [-0.4, -0.2) is 47.9 Å².